The minimum atomic E-state index is -1.12. The summed E-state index contributed by atoms with van der Waals surface area (Å²) in [6.07, 6.45) is 5.01. The Kier molecular flexibility index (Phi) is 5.20. The highest BCUT2D eigenvalue weighted by molar-refractivity contribution is 6.03. The van der Waals surface area contributed by atoms with Crippen molar-refractivity contribution >= 4 is 23.3 Å². The molecule has 1 saturated heterocycles. The maximum Gasteiger partial charge on any atom is 0.315 e. The van der Waals surface area contributed by atoms with Gasteiger partial charge in [0, 0.05) is 24.5 Å². The topological polar surface area (TPSA) is 69.6 Å². The Labute approximate surface area is 125 Å². The van der Waals surface area contributed by atoms with Gasteiger partial charge in [-0.3, -0.25) is 9.59 Å². The van der Waals surface area contributed by atoms with Gasteiger partial charge in [-0.25, -0.2) is 0 Å². The van der Waals surface area contributed by atoms with Gasteiger partial charge in [0.15, 0.2) is 0 Å². The summed E-state index contributed by atoms with van der Waals surface area (Å²) in [5, 5.41) is 11.4. The third-order valence-corrected chi connectivity index (χ3v) is 3.87. The van der Waals surface area contributed by atoms with Crippen LogP contribution < -0.4 is 10.2 Å². The minimum absolute atomic E-state index is 0.495. The molecule has 1 amide bonds. The Morgan fingerprint density at radius 2 is 1.67 bits per heavy atom. The predicted molar refractivity (Wildman–Crippen MR) is 82.6 cm³/mol. The van der Waals surface area contributed by atoms with E-state index in [1.807, 2.05) is 24.3 Å². The van der Waals surface area contributed by atoms with Gasteiger partial charge in [-0.2, -0.15) is 0 Å². The fraction of sp³-hybridized carbons (Fsp3) is 0.500. The van der Waals surface area contributed by atoms with E-state index in [1.165, 1.54) is 32.6 Å². The average Bonchev–Trinajstić information content (AvgIpc) is 2.76. The average molecular weight is 290 g/mol. The Hall–Kier alpha value is -2.04. The van der Waals surface area contributed by atoms with Crippen molar-refractivity contribution in [2.75, 3.05) is 23.3 Å². The number of hydrogen-bond donors (Lipinski definition) is 2. The number of rotatable bonds is 4. The molecule has 0 bridgehead atoms. The quantitative estimate of drug-likeness (QED) is 0.837. The molecule has 5 nitrogen and oxygen atoms in total. The molecule has 0 aliphatic carbocycles. The lowest BCUT2D eigenvalue weighted by molar-refractivity contribution is -0.144. The number of hydrogen-bond acceptors (Lipinski definition) is 3. The Balaban J connectivity index is 1.98. The van der Waals surface area contributed by atoms with Crippen molar-refractivity contribution in [2.24, 2.45) is 5.92 Å². The molecule has 1 heterocycles. The number of benzene rings is 1. The number of anilines is 2. The molecule has 0 radical (unpaired) electrons. The highest BCUT2D eigenvalue weighted by Gasteiger charge is 2.20. The Bertz CT molecular complexity index is 491. The van der Waals surface area contributed by atoms with E-state index in [1.54, 1.807) is 0 Å². The number of amides is 1. The van der Waals surface area contributed by atoms with Crippen molar-refractivity contribution in [3.63, 3.8) is 0 Å². The zero-order chi connectivity index (χ0) is 15.2. The second-order valence-electron chi connectivity index (χ2n) is 5.50. The number of nitrogens with zero attached hydrogens (tertiary/aromatic N) is 1. The number of nitrogens with one attached hydrogen (secondary N) is 1. The molecule has 1 fully saturated rings. The lowest BCUT2D eigenvalue weighted by Gasteiger charge is -2.22. The predicted octanol–water partition coefficient (Wildman–Crippen LogP) is 2.73. The first-order valence-electron chi connectivity index (χ1n) is 7.46. The van der Waals surface area contributed by atoms with Gasteiger partial charge < -0.3 is 15.3 Å². The SMILES string of the molecule is CC(C(=O)O)C(=O)Nc1ccc(N2CCCCCC2)cc1. The van der Waals surface area contributed by atoms with E-state index < -0.39 is 17.8 Å². The summed E-state index contributed by atoms with van der Waals surface area (Å²) >= 11 is 0. The third kappa shape index (κ3) is 4.21. The van der Waals surface area contributed by atoms with E-state index in [4.69, 9.17) is 5.11 Å². The molecule has 5 heteroatoms. The summed E-state index contributed by atoms with van der Waals surface area (Å²) in [7, 11) is 0. The van der Waals surface area contributed by atoms with E-state index >= 15 is 0 Å². The molecule has 0 saturated carbocycles. The molecule has 1 aliphatic rings. The summed E-state index contributed by atoms with van der Waals surface area (Å²) in [5.41, 5.74) is 1.79. The standard InChI is InChI=1S/C16H22N2O3/c1-12(16(20)21)15(19)17-13-6-8-14(9-7-13)18-10-4-2-3-5-11-18/h6-9,12H,2-5,10-11H2,1H3,(H,17,19)(H,20,21). The number of carboxylic acids is 1. The van der Waals surface area contributed by atoms with E-state index in [2.05, 4.69) is 10.2 Å². The highest BCUT2D eigenvalue weighted by Crippen LogP contribution is 2.21. The molecular weight excluding hydrogens is 268 g/mol. The number of aliphatic carboxylic acids is 1. The molecule has 1 aromatic carbocycles. The molecular formula is C16H22N2O3. The van der Waals surface area contributed by atoms with Crippen molar-refractivity contribution < 1.29 is 14.7 Å². The van der Waals surface area contributed by atoms with Crippen LogP contribution in [0.4, 0.5) is 11.4 Å². The highest BCUT2D eigenvalue weighted by atomic mass is 16.4. The smallest absolute Gasteiger partial charge is 0.315 e. The van der Waals surface area contributed by atoms with Crippen LogP contribution in [0.2, 0.25) is 0 Å². The lowest BCUT2D eigenvalue weighted by atomic mass is 10.1. The van der Waals surface area contributed by atoms with Gasteiger partial charge in [-0.15, -0.1) is 0 Å². The van der Waals surface area contributed by atoms with Crippen LogP contribution >= 0.6 is 0 Å². The van der Waals surface area contributed by atoms with Crippen LogP contribution in [0.3, 0.4) is 0 Å². The Morgan fingerprint density at radius 1 is 1.10 bits per heavy atom. The summed E-state index contributed by atoms with van der Waals surface area (Å²) < 4.78 is 0. The van der Waals surface area contributed by atoms with Crippen LogP contribution in [-0.4, -0.2) is 30.1 Å². The summed E-state index contributed by atoms with van der Waals surface area (Å²) in [6, 6.07) is 7.61. The molecule has 114 valence electrons. The number of carboxylic acid groups (broad SMARTS) is 1. The van der Waals surface area contributed by atoms with Crippen molar-refractivity contribution in [3.05, 3.63) is 24.3 Å². The van der Waals surface area contributed by atoms with Crippen molar-refractivity contribution in [2.45, 2.75) is 32.6 Å². The summed E-state index contributed by atoms with van der Waals surface area (Å²) in [5.74, 6) is -2.66. The van der Waals surface area contributed by atoms with Gasteiger partial charge in [-0.05, 0) is 44.0 Å². The molecule has 0 aromatic heterocycles. The van der Waals surface area contributed by atoms with Gasteiger partial charge in [-0.1, -0.05) is 12.8 Å². The van der Waals surface area contributed by atoms with Crippen LogP contribution in [0, 0.1) is 5.92 Å². The normalized spacial score (nSPS) is 16.9. The lowest BCUT2D eigenvalue weighted by Crippen LogP contribution is -2.27. The van der Waals surface area contributed by atoms with Crippen molar-refractivity contribution in [1.29, 1.82) is 0 Å². The first-order chi connectivity index (χ1) is 10.1. The van der Waals surface area contributed by atoms with E-state index in [0.29, 0.717) is 5.69 Å². The van der Waals surface area contributed by atoms with Crippen LogP contribution in [0.25, 0.3) is 0 Å². The molecule has 21 heavy (non-hydrogen) atoms. The fourth-order valence-corrected chi connectivity index (χ4v) is 2.45. The number of carbonyl (C=O) groups is 2. The second-order valence-corrected chi connectivity index (χ2v) is 5.50. The van der Waals surface area contributed by atoms with Crippen LogP contribution in [0.5, 0.6) is 0 Å². The first kappa shape index (κ1) is 15.4. The molecule has 2 N–H and O–H groups in total. The van der Waals surface area contributed by atoms with E-state index in [-0.39, 0.29) is 0 Å². The van der Waals surface area contributed by atoms with Crippen LogP contribution in [-0.2, 0) is 9.59 Å². The van der Waals surface area contributed by atoms with Gasteiger partial charge >= 0.3 is 5.97 Å². The van der Waals surface area contributed by atoms with Gasteiger partial charge in [0.25, 0.3) is 0 Å². The second kappa shape index (κ2) is 7.11. The minimum Gasteiger partial charge on any atom is -0.481 e. The summed E-state index contributed by atoms with van der Waals surface area (Å²) in [4.78, 5) is 24.8. The maximum atomic E-state index is 11.7. The van der Waals surface area contributed by atoms with Crippen LogP contribution in [0.1, 0.15) is 32.6 Å². The van der Waals surface area contributed by atoms with Gasteiger partial charge in [0.1, 0.15) is 5.92 Å². The van der Waals surface area contributed by atoms with E-state index in [9.17, 15) is 9.59 Å². The largest absolute Gasteiger partial charge is 0.481 e. The maximum absolute atomic E-state index is 11.7. The van der Waals surface area contributed by atoms with Gasteiger partial charge in [0.2, 0.25) is 5.91 Å². The summed E-state index contributed by atoms with van der Waals surface area (Å²) in [6.45, 7) is 3.52. The molecule has 0 spiro atoms. The molecule has 1 aromatic rings. The molecule has 1 unspecified atom stereocenters. The fourth-order valence-electron chi connectivity index (χ4n) is 2.45. The van der Waals surface area contributed by atoms with Crippen molar-refractivity contribution in [1.82, 2.24) is 0 Å². The van der Waals surface area contributed by atoms with Crippen LogP contribution in [0.15, 0.2) is 24.3 Å². The molecule has 1 aliphatic heterocycles. The van der Waals surface area contributed by atoms with E-state index in [0.717, 1.165) is 18.8 Å². The first-order valence-corrected chi connectivity index (χ1v) is 7.46. The third-order valence-electron chi connectivity index (χ3n) is 3.87. The van der Waals surface area contributed by atoms with Crippen molar-refractivity contribution in [3.8, 4) is 0 Å². The molecule has 2 rings (SSSR count). The zero-order valence-electron chi connectivity index (χ0n) is 12.3. The molecule has 1 atom stereocenters. The monoisotopic (exact) mass is 290 g/mol. The Morgan fingerprint density at radius 3 is 2.19 bits per heavy atom. The number of carbonyl (C=O) groups excluding carboxylic acids is 1. The van der Waals surface area contributed by atoms with Gasteiger partial charge in [0.05, 0.1) is 0 Å². The zero-order valence-corrected chi connectivity index (χ0v) is 12.3.